The van der Waals surface area contributed by atoms with Gasteiger partial charge in [-0.05, 0) is 108 Å². The molecule has 2 aliphatic rings. The Hall–Kier alpha value is -5.00. The predicted molar refractivity (Wildman–Crippen MR) is 348 cm³/mol. The molecule has 4 heterocycles. The number of esters is 4. The van der Waals surface area contributed by atoms with Crippen molar-refractivity contribution < 1.29 is 71.5 Å². The first-order chi connectivity index (χ1) is 42.2. The quantitative estimate of drug-likeness (QED) is 0.0120. The van der Waals surface area contributed by atoms with E-state index in [0.29, 0.717) is 38.5 Å². The number of methoxy groups -OCH3 is 2. The lowest BCUT2D eigenvalue weighted by Gasteiger charge is -2.39. The number of rotatable bonds is 31. The molecule has 89 heavy (non-hydrogen) atoms. The van der Waals surface area contributed by atoms with E-state index in [1.54, 1.807) is 15.7 Å². The maximum Gasteiger partial charge on any atom is 0.357 e. The number of hydrogen-bond acceptors (Lipinski definition) is 20. The van der Waals surface area contributed by atoms with E-state index in [0.717, 1.165) is 61.6 Å². The van der Waals surface area contributed by atoms with Gasteiger partial charge in [0.05, 0.1) is 38.8 Å². The van der Waals surface area contributed by atoms with Crippen LogP contribution in [0, 0.1) is 23.7 Å². The highest BCUT2D eigenvalue weighted by atomic mass is 32.1. The number of aromatic nitrogens is 2. The molecule has 0 spiro atoms. The average Bonchev–Trinajstić information content (AvgIpc) is 2.45. The number of amides is 3. The van der Waals surface area contributed by atoms with Gasteiger partial charge in [-0.2, -0.15) is 0 Å². The minimum Gasteiger partial charge on any atom is -0.480 e. The lowest BCUT2D eigenvalue weighted by atomic mass is 9.90. The average molecular weight is 1330 g/mol. The Kier molecular flexibility index (Phi) is 41.0. The van der Waals surface area contributed by atoms with Crippen molar-refractivity contribution in [1.29, 1.82) is 0 Å². The molecule has 0 aliphatic carbocycles. The van der Waals surface area contributed by atoms with Crippen LogP contribution in [-0.4, -0.2) is 178 Å². The maximum absolute atomic E-state index is 14.3. The summed E-state index contributed by atoms with van der Waals surface area (Å²) in [4.78, 5) is 127. The highest BCUT2D eigenvalue weighted by molar-refractivity contribution is 8.06. The van der Waals surface area contributed by atoms with Gasteiger partial charge in [0.15, 0.2) is 24.8 Å². The van der Waals surface area contributed by atoms with E-state index in [1.165, 1.54) is 41.8 Å². The first kappa shape index (κ1) is 82.0. The molecule has 2 aromatic heterocycles. The topological polar surface area (TPSA) is 313 Å². The fourth-order valence-corrected chi connectivity index (χ4v) is 11.8. The summed E-state index contributed by atoms with van der Waals surface area (Å²) in [5, 5.41) is 20.4. The SMILES string of the molecule is CCCC(=O)OCN(C(=O)[C@@H](N=[N+]=[N-])C(C)CC)[C@H](C[C@@H](C)c1nc(C(=O)OC)cs1)C(C)C.CCCC(=O)OCN(C(=O)[C@@H](NC(=O)C1CCCCN1C)C(C)CC)[C@H](C[C@@H](C)c1nc(C(=O)OC)cs1)C(C)C.CN1CCCCC1C(=O)O.OPPF. The normalized spacial score (nSPS) is 17.9. The monoisotopic (exact) mass is 1330 g/mol. The number of carboxylic acid groups (broad SMARTS) is 1. The minimum absolute atomic E-state index is 0.0139. The van der Waals surface area contributed by atoms with E-state index in [9.17, 15) is 42.6 Å². The molecular weight excluding hydrogens is 1230 g/mol. The van der Waals surface area contributed by atoms with Crippen LogP contribution in [0.3, 0.4) is 0 Å². The molecule has 3 N–H and O–H groups in total. The Bertz CT molecular complexity index is 2530. The second kappa shape index (κ2) is 44.5. The van der Waals surface area contributed by atoms with Crippen molar-refractivity contribution in [1.82, 2.24) is 34.9 Å². The molecule has 0 aromatic carbocycles. The second-order valence-electron chi connectivity index (χ2n) is 23.4. The van der Waals surface area contributed by atoms with Gasteiger partial charge in [-0.3, -0.25) is 38.6 Å². The van der Waals surface area contributed by atoms with Crippen LogP contribution in [0.15, 0.2) is 15.9 Å². The second-order valence-corrected chi connectivity index (χ2v) is 26.8. The molecule has 0 saturated carbocycles. The Labute approximate surface area is 538 Å². The molecule has 29 heteroatoms. The minimum atomic E-state index is -0.901. The van der Waals surface area contributed by atoms with Crippen LogP contribution >= 0.6 is 39.7 Å². The third kappa shape index (κ3) is 28.2. The number of carbonyl (C=O) groups excluding carboxylic acids is 7. The molecule has 2 saturated heterocycles. The lowest BCUT2D eigenvalue weighted by Crippen LogP contribution is -2.59. The highest BCUT2D eigenvalue weighted by Crippen LogP contribution is 2.34. The van der Waals surface area contributed by atoms with Gasteiger partial charge in [-0.1, -0.05) is 114 Å². The summed E-state index contributed by atoms with van der Waals surface area (Å²) in [6, 6.07) is -2.78. The first-order valence-corrected chi connectivity index (χ1v) is 35.5. The molecule has 6 unspecified atom stereocenters. The van der Waals surface area contributed by atoms with Crippen LogP contribution in [0.1, 0.15) is 216 Å². The number of azide groups is 1. The molecule has 0 radical (unpaired) electrons. The molecule has 2 aliphatic heterocycles. The van der Waals surface area contributed by atoms with Crippen LogP contribution in [0.2, 0.25) is 0 Å². The van der Waals surface area contributed by atoms with Gasteiger partial charge in [0.1, 0.15) is 26.7 Å². The summed E-state index contributed by atoms with van der Waals surface area (Å²) in [7, 11) is 5.17. The van der Waals surface area contributed by atoms with E-state index in [2.05, 4.69) is 30.2 Å². The number of thiazole rings is 2. The standard InChI is InChI=1S/C30H50N4O6S.C23H37N5O5S.C7H13NO2.FH3OP2/c1-9-13-25(35)40-18-34(24(19(3)4)16-21(6)28-31-22(17-41-28)30(38)39-8)29(37)26(20(5)10-2)32-27(36)23-14-11-12-15-33(23)7;1-8-10-19(29)33-13-28(22(30)20(26-27-24)15(5)9-2)18(14(3)4)11-16(6)21-25-17(12-34-21)23(31)32-7;1-8-5-3-2-4-6(8)7(9)10;1-3-4-2/h17,19-21,23-24,26H,9-16,18H2,1-8H3,(H,32,36);12,14-16,18,20H,8-11,13H2,1-7H3;6H,2-5H2,1H3,(H,9,10);2-4H/t20?,21-,23?,24-,26+;15?,16-,18-,20+;;/m11../s1. The number of hydrogen-bond donors (Lipinski definition) is 3. The molecule has 2 fully saturated rings. The van der Waals surface area contributed by atoms with E-state index in [4.69, 9.17) is 34.5 Å². The summed E-state index contributed by atoms with van der Waals surface area (Å²) in [5.41, 5.74) is 9.57. The van der Waals surface area contributed by atoms with E-state index < -0.39 is 47.1 Å². The van der Waals surface area contributed by atoms with E-state index in [1.807, 2.05) is 102 Å². The van der Waals surface area contributed by atoms with Crippen molar-refractivity contribution in [3.8, 4) is 0 Å². The molecule has 506 valence electrons. The Balaban J connectivity index is 0.000000737. The number of likely N-dealkylation sites (tertiary alicyclic amines) is 2. The molecule has 4 rings (SSSR count). The molecule has 24 nitrogen and oxygen atoms in total. The number of ether oxygens (including phenoxy) is 4. The van der Waals surface area contributed by atoms with Crippen LogP contribution in [0.25, 0.3) is 10.4 Å². The summed E-state index contributed by atoms with van der Waals surface area (Å²) in [6.45, 7) is 24.9. The Morgan fingerprint density at radius 2 is 1.13 bits per heavy atom. The Morgan fingerprint density at radius 3 is 1.47 bits per heavy atom. The van der Waals surface area contributed by atoms with Gasteiger partial charge in [0.2, 0.25) is 17.7 Å². The fraction of sp³-hybridized carbons (Fsp3) is 0.767. The molecule has 3 amide bonds. The number of aliphatic carboxylic acids is 1. The zero-order valence-corrected chi connectivity index (χ0v) is 59.0. The van der Waals surface area contributed by atoms with Crippen molar-refractivity contribution in [2.75, 3.05) is 54.9 Å². The van der Waals surface area contributed by atoms with Gasteiger partial charge >= 0.3 is 29.8 Å². The molecular formula is C60H103FN10O14P2S2. The summed E-state index contributed by atoms with van der Waals surface area (Å²) < 4.78 is 31.1. The smallest absolute Gasteiger partial charge is 0.357 e. The zero-order chi connectivity index (χ0) is 67.5. The number of piperidine rings is 2. The van der Waals surface area contributed by atoms with Crippen molar-refractivity contribution in [3.63, 3.8) is 0 Å². The van der Waals surface area contributed by atoms with E-state index >= 15 is 0 Å². The largest absolute Gasteiger partial charge is 0.480 e. The lowest BCUT2D eigenvalue weighted by molar-refractivity contribution is -0.160. The third-order valence-electron chi connectivity index (χ3n) is 16.0. The van der Waals surface area contributed by atoms with Crippen molar-refractivity contribution in [2.24, 2.45) is 28.8 Å². The number of halogens is 1. The summed E-state index contributed by atoms with van der Waals surface area (Å²) in [6.07, 6.45) is 10.00. The fourth-order valence-electron chi connectivity index (χ4n) is 10.1. The third-order valence-corrected chi connectivity index (χ3v) is 18.5. The van der Waals surface area contributed by atoms with Crippen LogP contribution in [-0.2, 0) is 47.7 Å². The van der Waals surface area contributed by atoms with Crippen LogP contribution in [0.5, 0.6) is 0 Å². The van der Waals surface area contributed by atoms with Crippen LogP contribution in [0.4, 0.5) is 4.20 Å². The number of nitrogens with one attached hydrogen (secondary N) is 1. The van der Waals surface area contributed by atoms with Crippen molar-refractivity contribution in [3.05, 3.63) is 42.6 Å². The Morgan fingerprint density at radius 1 is 0.719 bits per heavy atom. The van der Waals surface area contributed by atoms with Crippen LogP contribution < -0.4 is 5.32 Å². The van der Waals surface area contributed by atoms with Gasteiger partial charge in [0.25, 0.3) is 0 Å². The number of nitrogens with zero attached hydrogens (tertiary/aromatic N) is 9. The van der Waals surface area contributed by atoms with E-state index in [-0.39, 0.29) is 127 Å². The molecule has 0 bridgehead atoms. The first-order valence-electron chi connectivity index (χ1n) is 30.9. The summed E-state index contributed by atoms with van der Waals surface area (Å²) >= 11 is 2.73. The van der Waals surface area contributed by atoms with Gasteiger partial charge in [0, 0.05) is 52.4 Å². The predicted octanol–water partition coefficient (Wildman–Crippen LogP) is 11.5. The maximum atomic E-state index is 14.3. The summed E-state index contributed by atoms with van der Waals surface area (Å²) in [5.74, 6) is -3.61. The van der Waals surface area contributed by atoms with Crippen molar-refractivity contribution >= 4 is 87.3 Å². The highest BCUT2D eigenvalue weighted by Gasteiger charge is 2.39. The van der Waals surface area contributed by atoms with Gasteiger partial charge in [-0.25, -0.2) is 23.8 Å². The number of carboxylic acids is 1. The molecule has 12 atom stereocenters. The van der Waals surface area contributed by atoms with Gasteiger partial charge < -0.3 is 44.1 Å². The number of carbonyl (C=O) groups is 8. The molecule has 2 aromatic rings. The number of likely N-dealkylation sites (N-methyl/N-ethyl adjacent to an activating group) is 2. The van der Waals surface area contributed by atoms with Crippen molar-refractivity contribution in [2.45, 2.75) is 221 Å². The van der Waals surface area contributed by atoms with Gasteiger partial charge in [-0.15, -0.1) is 22.7 Å². The zero-order valence-electron chi connectivity index (χ0n) is 55.3.